The minimum absolute atomic E-state index is 0.227. The van der Waals surface area contributed by atoms with E-state index in [4.69, 9.17) is 0 Å². The molecule has 1 fully saturated rings. The molecule has 1 unspecified atom stereocenters. The van der Waals surface area contributed by atoms with Crippen molar-refractivity contribution in [2.45, 2.75) is 25.9 Å². The van der Waals surface area contributed by atoms with Crippen LogP contribution in [0.4, 0.5) is 16.2 Å². The summed E-state index contributed by atoms with van der Waals surface area (Å²) in [7, 11) is 2.12. The van der Waals surface area contributed by atoms with Crippen molar-refractivity contribution in [3.05, 3.63) is 24.3 Å². The summed E-state index contributed by atoms with van der Waals surface area (Å²) in [5.74, 6) is 0. The number of aliphatic hydroxyl groups is 1. The molecule has 1 aliphatic rings. The van der Waals surface area contributed by atoms with E-state index < -0.39 is 0 Å². The molecule has 1 atom stereocenters. The number of nitrogens with one attached hydrogen (secondary N) is 2. The van der Waals surface area contributed by atoms with Crippen LogP contribution in [-0.4, -0.2) is 61.9 Å². The summed E-state index contributed by atoms with van der Waals surface area (Å²) in [6, 6.07) is 7.66. The van der Waals surface area contributed by atoms with E-state index in [-0.39, 0.29) is 12.1 Å². The number of nitrogens with zero attached hydrogens (tertiary/aromatic N) is 2. The normalized spacial score (nSPS) is 16.9. The molecular weight excluding hydrogens is 292 g/mol. The van der Waals surface area contributed by atoms with Crippen molar-refractivity contribution in [1.82, 2.24) is 10.2 Å². The first-order chi connectivity index (χ1) is 11.1. The Hall–Kier alpha value is -1.79. The van der Waals surface area contributed by atoms with Gasteiger partial charge in [-0.15, -0.1) is 0 Å². The molecule has 1 aliphatic heterocycles. The van der Waals surface area contributed by atoms with Gasteiger partial charge in [0.1, 0.15) is 0 Å². The zero-order valence-electron chi connectivity index (χ0n) is 14.1. The number of piperazine rings is 1. The number of amides is 2. The maximum Gasteiger partial charge on any atom is 0.319 e. The van der Waals surface area contributed by atoms with Gasteiger partial charge in [0.25, 0.3) is 0 Å². The van der Waals surface area contributed by atoms with Gasteiger partial charge in [-0.3, -0.25) is 0 Å². The Morgan fingerprint density at radius 1 is 1.26 bits per heavy atom. The van der Waals surface area contributed by atoms with E-state index in [1.807, 2.05) is 31.2 Å². The molecule has 0 saturated carbocycles. The largest absolute Gasteiger partial charge is 0.393 e. The average molecular weight is 320 g/mol. The highest BCUT2D eigenvalue weighted by Gasteiger charge is 2.17. The molecule has 0 radical (unpaired) electrons. The highest BCUT2D eigenvalue weighted by molar-refractivity contribution is 5.93. The lowest BCUT2D eigenvalue weighted by Gasteiger charge is -2.35. The fraction of sp³-hybridized carbons (Fsp3) is 0.588. The predicted octanol–water partition coefficient (Wildman–Crippen LogP) is 1.72. The quantitative estimate of drug-likeness (QED) is 0.746. The predicted molar refractivity (Wildman–Crippen MR) is 94.1 cm³/mol. The summed E-state index contributed by atoms with van der Waals surface area (Å²) in [6.07, 6.45) is 0.924. The van der Waals surface area contributed by atoms with Gasteiger partial charge in [0.2, 0.25) is 0 Å². The van der Waals surface area contributed by atoms with Crippen LogP contribution in [0.1, 0.15) is 19.8 Å². The second kappa shape index (κ2) is 8.74. The number of urea groups is 1. The molecule has 6 heteroatoms. The van der Waals surface area contributed by atoms with Crippen molar-refractivity contribution in [1.29, 1.82) is 0 Å². The van der Waals surface area contributed by atoms with Gasteiger partial charge < -0.3 is 25.5 Å². The smallest absolute Gasteiger partial charge is 0.319 e. The molecule has 3 N–H and O–H groups in total. The van der Waals surface area contributed by atoms with E-state index in [1.54, 1.807) is 0 Å². The zero-order valence-corrected chi connectivity index (χ0v) is 14.1. The van der Waals surface area contributed by atoms with Gasteiger partial charge in [0.15, 0.2) is 0 Å². The lowest BCUT2D eigenvalue weighted by atomic mass is 10.2. The molecule has 1 heterocycles. The average Bonchev–Trinajstić information content (AvgIpc) is 2.56. The number of carbonyl (C=O) groups excluding carboxylic acids is 1. The number of hydrogen-bond donors (Lipinski definition) is 3. The molecule has 6 nitrogen and oxygen atoms in total. The first-order valence-corrected chi connectivity index (χ1v) is 8.35. The van der Waals surface area contributed by atoms with Crippen molar-refractivity contribution in [2.75, 3.05) is 50.0 Å². The SMILES string of the molecule is CCC(O)CCNC(=O)Nc1ccccc1N1CCN(C)CC1. The minimum atomic E-state index is -0.354. The third-order valence-electron chi connectivity index (χ3n) is 4.23. The van der Waals surface area contributed by atoms with Crippen molar-refractivity contribution in [3.63, 3.8) is 0 Å². The first-order valence-electron chi connectivity index (χ1n) is 8.35. The summed E-state index contributed by atoms with van der Waals surface area (Å²) in [4.78, 5) is 16.6. The van der Waals surface area contributed by atoms with Gasteiger partial charge in [-0.25, -0.2) is 4.79 Å². The molecule has 128 valence electrons. The molecule has 0 aliphatic carbocycles. The number of benzene rings is 1. The van der Waals surface area contributed by atoms with Crippen LogP contribution in [-0.2, 0) is 0 Å². The molecule has 2 rings (SSSR count). The monoisotopic (exact) mass is 320 g/mol. The van der Waals surface area contributed by atoms with Crippen LogP contribution in [0.2, 0.25) is 0 Å². The van der Waals surface area contributed by atoms with Crippen molar-refractivity contribution in [2.24, 2.45) is 0 Å². The highest BCUT2D eigenvalue weighted by Crippen LogP contribution is 2.26. The maximum atomic E-state index is 12.0. The Balaban J connectivity index is 1.91. The minimum Gasteiger partial charge on any atom is -0.393 e. The summed E-state index contributed by atoms with van der Waals surface area (Å²) >= 11 is 0. The molecule has 1 saturated heterocycles. The Labute approximate surface area is 138 Å². The fourth-order valence-corrected chi connectivity index (χ4v) is 2.63. The summed E-state index contributed by atoms with van der Waals surface area (Å²) < 4.78 is 0. The topological polar surface area (TPSA) is 67.8 Å². The van der Waals surface area contributed by atoms with Gasteiger partial charge in [-0.1, -0.05) is 19.1 Å². The van der Waals surface area contributed by atoms with Crippen LogP contribution in [0.15, 0.2) is 24.3 Å². The second-order valence-electron chi connectivity index (χ2n) is 6.04. The van der Waals surface area contributed by atoms with Crippen LogP contribution in [0.25, 0.3) is 0 Å². The summed E-state index contributed by atoms with van der Waals surface area (Å²) in [6.45, 7) is 6.36. The first kappa shape index (κ1) is 17.6. The van der Waals surface area contributed by atoms with Gasteiger partial charge in [0.05, 0.1) is 17.5 Å². The number of aliphatic hydroxyl groups excluding tert-OH is 1. The van der Waals surface area contributed by atoms with Gasteiger partial charge in [-0.2, -0.15) is 0 Å². The molecule has 0 spiro atoms. The van der Waals surface area contributed by atoms with Crippen LogP contribution >= 0.6 is 0 Å². The van der Waals surface area contributed by atoms with Gasteiger partial charge in [-0.05, 0) is 32.0 Å². The van der Waals surface area contributed by atoms with Crippen LogP contribution in [0.3, 0.4) is 0 Å². The third kappa shape index (κ3) is 5.41. The highest BCUT2D eigenvalue weighted by atomic mass is 16.3. The lowest BCUT2D eigenvalue weighted by molar-refractivity contribution is 0.160. The van der Waals surface area contributed by atoms with Gasteiger partial charge in [0, 0.05) is 32.7 Å². The maximum absolute atomic E-state index is 12.0. The van der Waals surface area contributed by atoms with Crippen LogP contribution in [0.5, 0.6) is 0 Å². The Kier molecular flexibility index (Phi) is 6.67. The van der Waals surface area contributed by atoms with Crippen molar-refractivity contribution < 1.29 is 9.90 Å². The molecule has 1 aromatic carbocycles. The molecular formula is C17H28N4O2. The van der Waals surface area contributed by atoms with Crippen LogP contribution < -0.4 is 15.5 Å². The van der Waals surface area contributed by atoms with E-state index in [2.05, 4.69) is 27.5 Å². The number of hydrogen-bond acceptors (Lipinski definition) is 4. The lowest BCUT2D eigenvalue weighted by Crippen LogP contribution is -2.44. The molecule has 0 aromatic heterocycles. The number of para-hydroxylation sites is 2. The second-order valence-corrected chi connectivity index (χ2v) is 6.04. The van der Waals surface area contributed by atoms with E-state index >= 15 is 0 Å². The van der Waals surface area contributed by atoms with E-state index in [0.717, 1.165) is 37.6 Å². The number of carbonyl (C=O) groups is 1. The Bertz CT molecular complexity index is 501. The number of rotatable bonds is 6. The molecule has 2 amide bonds. The fourth-order valence-electron chi connectivity index (χ4n) is 2.63. The standard InChI is InChI=1S/C17H28N4O2/c1-3-14(22)8-9-18-17(23)19-15-6-4-5-7-16(15)21-12-10-20(2)11-13-21/h4-7,14,22H,3,8-13H2,1-2H3,(H2,18,19,23). The number of likely N-dealkylation sites (N-methyl/N-ethyl adjacent to an activating group) is 1. The molecule has 1 aromatic rings. The van der Waals surface area contributed by atoms with E-state index in [0.29, 0.717) is 19.4 Å². The summed E-state index contributed by atoms with van der Waals surface area (Å²) in [5, 5.41) is 15.2. The zero-order chi connectivity index (χ0) is 16.7. The van der Waals surface area contributed by atoms with E-state index in [9.17, 15) is 9.90 Å². The number of anilines is 2. The van der Waals surface area contributed by atoms with Crippen molar-refractivity contribution in [3.8, 4) is 0 Å². The van der Waals surface area contributed by atoms with Gasteiger partial charge >= 0.3 is 6.03 Å². The Morgan fingerprint density at radius 3 is 2.65 bits per heavy atom. The van der Waals surface area contributed by atoms with Crippen molar-refractivity contribution >= 4 is 17.4 Å². The third-order valence-corrected chi connectivity index (χ3v) is 4.23. The summed E-state index contributed by atoms with van der Waals surface area (Å²) in [5.41, 5.74) is 1.88. The molecule has 23 heavy (non-hydrogen) atoms. The molecule has 0 bridgehead atoms. The van der Waals surface area contributed by atoms with E-state index in [1.165, 1.54) is 0 Å². The van der Waals surface area contributed by atoms with Crippen LogP contribution in [0, 0.1) is 0 Å². The Morgan fingerprint density at radius 2 is 1.96 bits per heavy atom.